The van der Waals surface area contributed by atoms with Crippen LogP contribution in [-0.4, -0.2) is 45.7 Å². The fourth-order valence-electron chi connectivity index (χ4n) is 2.81. The van der Waals surface area contributed by atoms with Crippen LogP contribution in [0.3, 0.4) is 0 Å². The fraction of sp³-hybridized carbons (Fsp3) is 0.562. The molecule has 1 fully saturated rings. The number of aromatic nitrogens is 3. The Morgan fingerprint density at radius 2 is 2.35 bits per heavy atom. The molecule has 1 saturated heterocycles. The van der Waals surface area contributed by atoms with Crippen LogP contribution in [0.2, 0.25) is 0 Å². The summed E-state index contributed by atoms with van der Waals surface area (Å²) in [6.07, 6.45) is 1.63. The molecule has 6 nitrogen and oxygen atoms in total. The van der Waals surface area contributed by atoms with Crippen molar-refractivity contribution in [3.63, 3.8) is 0 Å². The van der Waals surface area contributed by atoms with E-state index in [1.165, 1.54) is 0 Å². The Balaban J connectivity index is 1.72. The van der Waals surface area contributed by atoms with E-state index in [4.69, 9.17) is 4.74 Å². The molecule has 3 heterocycles. The van der Waals surface area contributed by atoms with E-state index in [1.807, 2.05) is 24.8 Å². The molecule has 2 aromatic rings. The zero-order valence-corrected chi connectivity index (χ0v) is 14.6. The Hall–Kier alpha value is -1.73. The number of aryl methyl sites for hydroxylation is 3. The van der Waals surface area contributed by atoms with Gasteiger partial charge in [0.2, 0.25) is 0 Å². The molecule has 1 N–H and O–H groups in total. The Morgan fingerprint density at radius 3 is 3.04 bits per heavy atom. The average molecular weight is 334 g/mol. The third-order valence-corrected chi connectivity index (χ3v) is 4.91. The lowest BCUT2D eigenvalue weighted by atomic mass is 10.2. The maximum atomic E-state index is 12.7. The van der Waals surface area contributed by atoms with Gasteiger partial charge in [-0.2, -0.15) is 5.10 Å². The van der Waals surface area contributed by atoms with E-state index in [2.05, 4.69) is 22.1 Å². The first-order valence-corrected chi connectivity index (χ1v) is 8.79. The van der Waals surface area contributed by atoms with Crippen molar-refractivity contribution in [2.75, 3.05) is 19.7 Å². The van der Waals surface area contributed by atoms with Gasteiger partial charge in [0.15, 0.2) is 5.82 Å². The van der Waals surface area contributed by atoms with E-state index < -0.39 is 0 Å². The molecule has 0 unspecified atom stereocenters. The minimum Gasteiger partial charge on any atom is -0.366 e. The molecule has 1 amide bonds. The number of rotatable bonds is 4. The highest BCUT2D eigenvalue weighted by Gasteiger charge is 2.29. The van der Waals surface area contributed by atoms with Gasteiger partial charge in [-0.1, -0.05) is 6.92 Å². The van der Waals surface area contributed by atoms with Crippen molar-refractivity contribution in [2.24, 2.45) is 0 Å². The summed E-state index contributed by atoms with van der Waals surface area (Å²) in [5.74, 6) is 1.59. The number of thiophene rings is 1. The van der Waals surface area contributed by atoms with E-state index >= 15 is 0 Å². The van der Waals surface area contributed by atoms with Gasteiger partial charge in [0.05, 0.1) is 18.7 Å². The second-order valence-electron chi connectivity index (χ2n) is 5.83. The summed E-state index contributed by atoms with van der Waals surface area (Å²) in [6, 6.07) is 1.97. The number of nitrogens with one attached hydrogen (secondary N) is 1. The van der Waals surface area contributed by atoms with Crippen LogP contribution in [0.15, 0.2) is 6.07 Å². The summed E-state index contributed by atoms with van der Waals surface area (Å²) in [5.41, 5.74) is 0.801. The van der Waals surface area contributed by atoms with Gasteiger partial charge in [-0.05, 0) is 26.3 Å². The molecule has 1 aliphatic heterocycles. The number of H-pyrrole nitrogens is 1. The van der Waals surface area contributed by atoms with E-state index in [-0.39, 0.29) is 12.0 Å². The van der Waals surface area contributed by atoms with Gasteiger partial charge in [-0.25, -0.2) is 4.98 Å². The normalized spacial score (nSPS) is 18.4. The van der Waals surface area contributed by atoms with Crippen LogP contribution in [0, 0.1) is 13.8 Å². The number of nitrogens with zero attached hydrogens (tertiary/aromatic N) is 3. The summed E-state index contributed by atoms with van der Waals surface area (Å²) in [4.78, 5) is 21.3. The molecule has 23 heavy (non-hydrogen) atoms. The first-order valence-electron chi connectivity index (χ1n) is 7.97. The fourth-order valence-corrected chi connectivity index (χ4v) is 3.72. The third-order valence-electron chi connectivity index (χ3n) is 3.95. The number of amides is 1. The van der Waals surface area contributed by atoms with Crippen LogP contribution in [0.4, 0.5) is 0 Å². The van der Waals surface area contributed by atoms with E-state index in [9.17, 15) is 4.79 Å². The van der Waals surface area contributed by atoms with Gasteiger partial charge in [0, 0.05) is 22.7 Å². The predicted molar refractivity (Wildman–Crippen MR) is 88.8 cm³/mol. The van der Waals surface area contributed by atoms with Crippen LogP contribution in [0.1, 0.15) is 51.2 Å². The van der Waals surface area contributed by atoms with Gasteiger partial charge in [-0.3, -0.25) is 9.89 Å². The molecular formula is C16H22N4O2S. The minimum atomic E-state index is -0.255. The van der Waals surface area contributed by atoms with Crippen molar-refractivity contribution in [2.45, 2.75) is 39.7 Å². The van der Waals surface area contributed by atoms with Crippen LogP contribution in [-0.2, 0) is 11.2 Å². The van der Waals surface area contributed by atoms with Crippen molar-refractivity contribution in [3.8, 4) is 0 Å². The van der Waals surface area contributed by atoms with E-state index in [1.54, 1.807) is 11.3 Å². The Morgan fingerprint density at radius 1 is 1.52 bits per heavy atom. The molecule has 3 rings (SSSR count). The second-order valence-corrected chi connectivity index (χ2v) is 7.29. The Kier molecular flexibility index (Phi) is 4.77. The number of carbonyl (C=O) groups excluding carboxylic acids is 1. The van der Waals surface area contributed by atoms with Gasteiger partial charge >= 0.3 is 0 Å². The molecule has 124 valence electrons. The number of hydrogen-bond donors (Lipinski definition) is 1. The highest BCUT2D eigenvalue weighted by molar-refractivity contribution is 7.12. The summed E-state index contributed by atoms with van der Waals surface area (Å²) >= 11 is 1.66. The Bertz CT molecular complexity index is 694. The van der Waals surface area contributed by atoms with Crippen LogP contribution in [0.25, 0.3) is 0 Å². The molecule has 0 saturated carbocycles. The zero-order valence-electron chi connectivity index (χ0n) is 13.8. The summed E-state index contributed by atoms with van der Waals surface area (Å²) in [5, 5.41) is 7.20. The van der Waals surface area contributed by atoms with Crippen molar-refractivity contribution in [1.29, 1.82) is 0 Å². The van der Waals surface area contributed by atoms with Gasteiger partial charge in [0.1, 0.15) is 11.9 Å². The number of morpholine rings is 1. The zero-order chi connectivity index (χ0) is 16.4. The molecule has 0 aromatic carbocycles. The predicted octanol–water partition coefficient (Wildman–Crippen LogP) is 2.65. The lowest BCUT2D eigenvalue weighted by Gasteiger charge is -2.31. The lowest BCUT2D eigenvalue weighted by molar-refractivity contribution is -0.0266. The van der Waals surface area contributed by atoms with Gasteiger partial charge in [0.25, 0.3) is 5.91 Å². The minimum absolute atomic E-state index is 0.0736. The molecule has 0 aliphatic carbocycles. The van der Waals surface area contributed by atoms with Crippen LogP contribution >= 0.6 is 11.3 Å². The van der Waals surface area contributed by atoms with E-state index in [0.717, 1.165) is 34.0 Å². The van der Waals surface area contributed by atoms with Crippen molar-refractivity contribution >= 4 is 17.2 Å². The maximum Gasteiger partial charge on any atom is 0.255 e. The molecule has 0 bridgehead atoms. The van der Waals surface area contributed by atoms with Crippen LogP contribution in [0.5, 0.6) is 0 Å². The summed E-state index contributed by atoms with van der Waals surface area (Å²) in [7, 11) is 0. The van der Waals surface area contributed by atoms with E-state index in [0.29, 0.717) is 25.5 Å². The standard InChI is InChI=1S/C16H22N4O2S/c1-4-5-14-17-15(19-18-14)13-9-20(6-7-22-13)16(21)12-8-10(2)23-11(12)3/h8,13H,4-7,9H2,1-3H3,(H,17,18,19)/t13-/m1/s1. The third kappa shape index (κ3) is 3.45. The quantitative estimate of drug-likeness (QED) is 0.933. The van der Waals surface area contributed by atoms with Gasteiger partial charge < -0.3 is 9.64 Å². The van der Waals surface area contributed by atoms with Crippen LogP contribution < -0.4 is 0 Å². The molecular weight excluding hydrogens is 312 g/mol. The highest BCUT2D eigenvalue weighted by atomic mass is 32.1. The molecule has 1 aliphatic rings. The largest absolute Gasteiger partial charge is 0.366 e. The van der Waals surface area contributed by atoms with Crippen molar-refractivity contribution in [3.05, 3.63) is 33.0 Å². The summed E-state index contributed by atoms with van der Waals surface area (Å²) in [6.45, 7) is 7.74. The molecule has 0 spiro atoms. The van der Waals surface area contributed by atoms with Crippen molar-refractivity contribution < 1.29 is 9.53 Å². The number of carbonyl (C=O) groups is 1. The molecule has 2 aromatic heterocycles. The first-order chi connectivity index (χ1) is 11.1. The van der Waals surface area contributed by atoms with Gasteiger partial charge in [-0.15, -0.1) is 11.3 Å². The van der Waals surface area contributed by atoms with Crippen molar-refractivity contribution in [1.82, 2.24) is 20.1 Å². The molecule has 1 atom stereocenters. The topological polar surface area (TPSA) is 71.1 Å². The number of hydrogen-bond acceptors (Lipinski definition) is 5. The first kappa shape index (κ1) is 16.1. The second kappa shape index (κ2) is 6.80. The maximum absolute atomic E-state index is 12.7. The SMILES string of the molecule is CCCc1nc([C@H]2CN(C(=O)c3cc(C)sc3C)CCO2)n[nH]1. The highest BCUT2D eigenvalue weighted by Crippen LogP contribution is 2.25. The number of aromatic amines is 1. The monoisotopic (exact) mass is 334 g/mol. The molecule has 0 radical (unpaired) electrons. The Labute approximate surface area is 139 Å². The number of ether oxygens (including phenoxy) is 1. The molecule has 7 heteroatoms. The average Bonchev–Trinajstić information content (AvgIpc) is 3.13. The lowest BCUT2D eigenvalue weighted by Crippen LogP contribution is -2.42. The summed E-state index contributed by atoms with van der Waals surface area (Å²) < 4.78 is 5.77. The smallest absolute Gasteiger partial charge is 0.255 e.